The highest BCUT2D eigenvalue weighted by molar-refractivity contribution is 5.93. The van der Waals surface area contributed by atoms with Crippen LogP contribution in [-0.4, -0.2) is 66.3 Å². The van der Waals surface area contributed by atoms with E-state index < -0.39 is 11.4 Å². The van der Waals surface area contributed by atoms with Gasteiger partial charge in [0.1, 0.15) is 0 Å². The summed E-state index contributed by atoms with van der Waals surface area (Å²) in [5, 5.41) is 2.93. The highest BCUT2D eigenvalue weighted by atomic mass is 16.5. The third-order valence-electron chi connectivity index (χ3n) is 7.37. The lowest BCUT2D eigenvalue weighted by Crippen LogP contribution is -2.50. The molecule has 2 aromatic rings. The molecule has 0 unspecified atom stereocenters. The van der Waals surface area contributed by atoms with Crippen LogP contribution in [0.2, 0.25) is 0 Å². The van der Waals surface area contributed by atoms with Crippen molar-refractivity contribution in [1.29, 1.82) is 0 Å². The quantitative estimate of drug-likeness (QED) is 0.627. The summed E-state index contributed by atoms with van der Waals surface area (Å²) in [5.41, 5.74) is 0.723. The maximum Gasteiger partial charge on any atom is 0.317 e. The van der Waals surface area contributed by atoms with E-state index in [0.717, 1.165) is 11.3 Å². The number of rotatable bonds is 6. The summed E-state index contributed by atoms with van der Waals surface area (Å²) in [4.78, 5) is 53.9. The number of carbonyl (C=O) groups is 4. The number of carbonyl (C=O) groups excluding carboxylic acids is 4. The van der Waals surface area contributed by atoms with Crippen molar-refractivity contribution in [2.75, 3.05) is 38.1 Å². The molecule has 2 saturated heterocycles. The first-order valence-electron chi connectivity index (χ1n) is 12.5. The standard InChI is InChI=1S/C28H33N3O5/c1-21(32)30-18-14-28(15-19-30,23-8-4-2-5-9-23)27(35)36-20-25(33)31-16-12-22(13-17-31)26(34)29-24-10-6-3-7-11-24/h2-11,22H,12-20H2,1H3,(H,29,34). The van der Waals surface area contributed by atoms with E-state index in [1.54, 1.807) is 9.80 Å². The van der Waals surface area contributed by atoms with Crippen LogP contribution in [0.25, 0.3) is 0 Å². The summed E-state index contributed by atoms with van der Waals surface area (Å²) < 4.78 is 5.59. The Balaban J connectivity index is 1.31. The fourth-order valence-electron chi connectivity index (χ4n) is 5.08. The minimum atomic E-state index is -0.879. The molecule has 8 heteroatoms. The van der Waals surface area contributed by atoms with E-state index in [9.17, 15) is 19.2 Å². The molecule has 0 spiro atoms. The van der Waals surface area contributed by atoms with Crippen molar-refractivity contribution < 1.29 is 23.9 Å². The number of esters is 1. The molecule has 0 saturated carbocycles. The average molecular weight is 492 g/mol. The first-order chi connectivity index (χ1) is 17.4. The fourth-order valence-corrected chi connectivity index (χ4v) is 5.08. The van der Waals surface area contributed by atoms with Crippen molar-refractivity contribution >= 4 is 29.4 Å². The highest BCUT2D eigenvalue weighted by Gasteiger charge is 2.45. The molecule has 2 aliphatic heterocycles. The van der Waals surface area contributed by atoms with E-state index >= 15 is 0 Å². The molecule has 0 aromatic heterocycles. The summed E-state index contributed by atoms with van der Waals surface area (Å²) in [6.07, 6.45) is 2.03. The Morgan fingerprint density at radius 3 is 2.03 bits per heavy atom. The zero-order valence-corrected chi connectivity index (χ0v) is 20.7. The second-order valence-corrected chi connectivity index (χ2v) is 9.54. The Morgan fingerprint density at radius 1 is 0.861 bits per heavy atom. The van der Waals surface area contributed by atoms with Crippen molar-refractivity contribution in [3.63, 3.8) is 0 Å². The minimum absolute atomic E-state index is 0.0129. The van der Waals surface area contributed by atoms with Crippen molar-refractivity contribution in [1.82, 2.24) is 9.80 Å². The number of nitrogens with one attached hydrogen (secondary N) is 1. The smallest absolute Gasteiger partial charge is 0.317 e. The third kappa shape index (κ3) is 5.75. The van der Waals surface area contributed by atoms with Gasteiger partial charge in [0.25, 0.3) is 5.91 Å². The molecule has 0 atom stereocenters. The number of para-hydroxylation sites is 1. The first kappa shape index (κ1) is 25.4. The number of anilines is 1. The topological polar surface area (TPSA) is 96.0 Å². The molecular weight excluding hydrogens is 458 g/mol. The van der Waals surface area contributed by atoms with Gasteiger partial charge in [-0.25, -0.2) is 0 Å². The Labute approximate surface area is 211 Å². The van der Waals surface area contributed by atoms with Gasteiger partial charge in [0.2, 0.25) is 11.8 Å². The number of hydrogen-bond acceptors (Lipinski definition) is 5. The van der Waals surface area contributed by atoms with Gasteiger partial charge >= 0.3 is 5.97 Å². The molecule has 1 N–H and O–H groups in total. The van der Waals surface area contributed by atoms with E-state index in [4.69, 9.17) is 4.74 Å². The number of nitrogens with zero attached hydrogens (tertiary/aromatic N) is 2. The van der Waals surface area contributed by atoms with Crippen LogP contribution in [0.15, 0.2) is 60.7 Å². The molecule has 4 rings (SSSR count). The molecule has 2 heterocycles. The van der Waals surface area contributed by atoms with Gasteiger partial charge in [0.05, 0.1) is 5.41 Å². The maximum absolute atomic E-state index is 13.3. The van der Waals surface area contributed by atoms with Crippen LogP contribution < -0.4 is 5.32 Å². The molecule has 3 amide bonds. The van der Waals surface area contributed by atoms with Gasteiger partial charge in [0.15, 0.2) is 6.61 Å². The van der Waals surface area contributed by atoms with Crippen LogP contribution in [0.4, 0.5) is 5.69 Å². The normalized spacial score (nSPS) is 17.8. The van der Waals surface area contributed by atoms with Crippen LogP contribution in [0.1, 0.15) is 38.2 Å². The fraction of sp³-hybridized carbons (Fsp3) is 0.429. The zero-order chi connectivity index (χ0) is 25.5. The number of ether oxygens (including phenoxy) is 1. The van der Waals surface area contributed by atoms with Crippen LogP contribution in [0.3, 0.4) is 0 Å². The monoisotopic (exact) mass is 491 g/mol. The van der Waals surface area contributed by atoms with E-state index in [0.29, 0.717) is 51.9 Å². The molecule has 36 heavy (non-hydrogen) atoms. The lowest BCUT2D eigenvalue weighted by atomic mass is 9.72. The number of likely N-dealkylation sites (tertiary alicyclic amines) is 2. The zero-order valence-electron chi connectivity index (χ0n) is 20.7. The first-order valence-corrected chi connectivity index (χ1v) is 12.5. The molecule has 0 bridgehead atoms. The molecule has 0 radical (unpaired) electrons. The van der Waals surface area contributed by atoms with Gasteiger partial charge in [-0.3, -0.25) is 19.2 Å². The van der Waals surface area contributed by atoms with Gasteiger partial charge in [-0.15, -0.1) is 0 Å². The summed E-state index contributed by atoms with van der Waals surface area (Å²) in [6, 6.07) is 18.8. The maximum atomic E-state index is 13.3. The predicted octanol–water partition coefficient (Wildman–Crippen LogP) is 2.99. The van der Waals surface area contributed by atoms with Crippen LogP contribution in [0.5, 0.6) is 0 Å². The Bertz CT molecular complexity index is 1070. The number of hydrogen-bond donors (Lipinski definition) is 1. The Kier molecular flexibility index (Phi) is 8.03. The summed E-state index contributed by atoms with van der Waals surface area (Å²) in [7, 11) is 0. The Hall–Kier alpha value is -3.68. The van der Waals surface area contributed by atoms with Crippen molar-refractivity contribution in [2.45, 2.75) is 38.0 Å². The van der Waals surface area contributed by atoms with Gasteiger partial charge in [-0.2, -0.15) is 0 Å². The molecule has 2 aromatic carbocycles. The molecule has 8 nitrogen and oxygen atoms in total. The van der Waals surface area contributed by atoms with Crippen LogP contribution >= 0.6 is 0 Å². The SMILES string of the molecule is CC(=O)N1CCC(C(=O)OCC(=O)N2CCC(C(=O)Nc3ccccc3)CC2)(c2ccccc2)CC1. The van der Waals surface area contributed by atoms with E-state index in [1.165, 1.54) is 6.92 Å². The van der Waals surface area contributed by atoms with Gasteiger partial charge in [-0.1, -0.05) is 48.5 Å². The summed E-state index contributed by atoms with van der Waals surface area (Å²) in [6.45, 7) is 3.02. The number of piperidine rings is 2. The Morgan fingerprint density at radius 2 is 1.44 bits per heavy atom. The second-order valence-electron chi connectivity index (χ2n) is 9.54. The molecule has 2 fully saturated rings. The lowest BCUT2D eigenvalue weighted by molar-refractivity contribution is -0.160. The molecule has 0 aliphatic carbocycles. The highest BCUT2D eigenvalue weighted by Crippen LogP contribution is 2.37. The molecular formula is C28H33N3O5. The largest absolute Gasteiger partial charge is 0.455 e. The lowest BCUT2D eigenvalue weighted by Gasteiger charge is -2.40. The van der Waals surface area contributed by atoms with Gasteiger partial charge in [-0.05, 0) is 43.4 Å². The van der Waals surface area contributed by atoms with Crippen molar-refractivity contribution in [3.8, 4) is 0 Å². The minimum Gasteiger partial charge on any atom is -0.455 e. The van der Waals surface area contributed by atoms with E-state index in [2.05, 4.69) is 5.32 Å². The van der Waals surface area contributed by atoms with Crippen LogP contribution in [-0.2, 0) is 29.3 Å². The van der Waals surface area contributed by atoms with E-state index in [1.807, 2.05) is 60.7 Å². The molecule has 190 valence electrons. The summed E-state index contributed by atoms with van der Waals surface area (Å²) >= 11 is 0. The summed E-state index contributed by atoms with van der Waals surface area (Å²) in [5.74, 6) is -0.899. The average Bonchev–Trinajstić information content (AvgIpc) is 2.92. The van der Waals surface area contributed by atoms with Crippen molar-refractivity contribution in [2.24, 2.45) is 5.92 Å². The second kappa shape index (κ2) is 11.4. The van der Waals surface area contributed by atoms with Gasteiger partial charge < -0.3 is 19.9 Å². The third-order valence-corrected chi connectivity index (χ3v) is 7.37. The predicted molar refractivity (Wildman–Crippen MR) is 135 cm³/mol. The van der Waals surface area contributed by atoms with E-state index in [-0.39, 0.29) is 30.2 Å². The van der Waals surface area contributed by atoms with Gasteiger partial charge in [0, 0.05) is 44.7 Å². The molecule has 2 aliphatic rings. The van der Waals surface area contributed by atoms with Crippen molar-refractivity contribution in [3.05, 3.63) is 66.2 Å². The van der Waals surface area contributed by atoms with Crippen LogP contribution in [0, 0.1) is 5.92 Å². The number of benzene rings is 2. The number of amides is 3.